The molecule has 5 nitrogen and oxygen atoms in total. The molecule has 0 saturated heterocycles. The van der Waals surface area contributed by atoms with Gasteiger partial charge in [-0.3, -0.25) is 4.98 Å². The molecule has 5 heteroatoms. The molecule has 1 aliphatic heterocycles. The van der Waals surface area contributed by atoms with Crippen molar-refractivity contribution >= 4 is 6.09 Å². The molecule has 0 radical (unpaired) electrons. The molecule has 2 heterocycles. The summed E-state index contributed by atoms with van der Waals surface area (Å²) in [6, 6.07) is 17.0. The first kappa shape index (κ1) is 25.7. The lowest BCUT2D eigenvalue weighted by Crippen LogP contribution is -2.39. The summed E-state index contributed by atoms with van der Waals surface area (Å²) >= 11 is 0. The summed E-state index contributed by atoms with van der Waals surface area (Å²) < 4.78 is 11.9. The Balaban J connectivity index is 1.65. The van der Waals surface area contributed by atoms with E-state index in [1.165, 1.54) is 11.1 Å². The highest BCUT2D eigenvalue weighted by molar-refractivity contribution is 5.73. The lowest BCUT2D eigenvalue weighted by Gasteiger charge is -2.31. The Morgan fingerprint density at radius 3 is 2.44 bits per heavy atom. The number of aromatic nitrogens is 1. The van der Waals surface area contributed by atoms with Crippen molar-refractivity contribution in [3.8, 4) is 16.9 Å². The monoisotopic (exact) mass is 486 g/mol. The quantitative estimate of drug-likeness (QED) is 0.390. The van der Waals surface area contributed by atoms with Gasteiger partial charge >= 0.3 is 6.09 Å². The molecule has 2 aromatic carbocycles. The zero-order valence-electron chi connectivity index (χ0n) is 22.6. The smallest absolute Gasteiger partial charge is 0.410 e. The molecule has 36 heavy (non-hydrogen) atoms. The van der Waals surface area contributed by atoms with Crippen LogP contribution in [0.15, 0.2) is 54.7 Å². The number of aryl methyl sites for hydroxylation is 1. The number of nitrogens with zero attached hydrogens (tertiary/aromatic N) is 2. The van der Waals surface area contributed by atoms with Crippen LogP contribution in [0.4, 0.5) is 4.79 Å². The zero-order valence-corrected chi connectivity index (χ0v) is 22.6. The first-order valence-electron chi connectivity index (χ1n) is 12.7. The number of rotatable bonds is 4. The summed E-state index contributed by atoms with van der Waals surface area (Å²) in [7, 11) is 0. The summed E-state index contributed by atoms with van der Waals surface area (Å²) in [5.41, 5.74) is 7.36. The first-order valence-corrected chi connectivity index (χ1v) is 12.7. The summed E-state index contributed by atoms with van der Waals surface area (Å²) in [6.45, 7) is 16.0. The predicted octanol–water partition coefficient (Wildman–Crippen LogP) is 7.23. The highest BCUT2D eigenvalue weighted by Crippen LogP contribution is 2.37. The number of hydrogen-bond donors (Lipinski definition) is 0. The van der Waals surface area contributed by atoms with Gasteiger partial charge in [0.2, 0.25) is 0 Å². The number of fused-ring (bicyclic) bond motifs is 1. The minimum Gasteiger partial charge on any atom is -0.487 e. The molecule has 1 aromatic heterocycles. The molecule has 0 saturated carbocycles. The average Bonchev–Trinajstić information content (AvgIpc) is 2.80. The Hall–Kier alpha value is -3.34. The number of carbonyl (C=O) groups excluding carboxylic acids is 1. The zero-order chi connectivity index (χ0) is 26.1. The predicted molar refractivity (Wildman–Crippen MR) is 144 cm³/mol. The molecule has 0 N–H and O–H groups in total. The van der Waals surface area contributed by atoms with E-state index in [9.17, 15) is 4.79 Å². The van der Waals surface area contributed by atoms with Crippen molar-refractivity contribution in [2.75, 3.05) is 6.54 Å². The van der Waals surface area contributed by atoms with Gasteiger partial charge in [0, 0.05) is 24.8 Å². The Kier molecular flexibility index (Phi) is 7.12. The van der Waals surface area contributed by atoms with Gasteiger partial charge in [-0.25, -0.2) is 4.79 Å². The summed E-state index contributed by atoms with van der Waals surface area (Å²) in [6.07, 6.45) is 2.37. The average molecular weight is 487 g/mol. The molecular weight excluding hydrogens is 448 g/mol. The number of pyridine rings is 1. The van der Waals surface area contributed by atoms with Crippen molar-refractivity contribution < 1.29 is 14.3 Å². The standard InChI is InChI=1S/C31H38N2O3/c1-21-12-14-32-26(16-21)20-35-28-11-10-25(30(2,3)4)18-27(28)23-9-8-22-13-15-33(19-24(22)17-23)29(34)36-31(5,6)7/h8-12,14,16-18H,13,15,19-20H2,1-7H3. The van der Waals surface area contributed by atoms with Crippen LogP contribution in [0.5, 0.6) is 5.75 Å². The molecule has 0 fully saturated rings. The molecular formula is C31H38N2O3. The summed E-state index contributed by atoms with van der Waals surface area (Å²) in [4.78, 5) is 19.0. The largest absolute Gasteiger partial charge is 0.487 e. The molecule has 190 valence electrons. The Labute approximate surface area is 215 Å². The second-order valence-electron chi connectivity index (χ2n) is 11.7. The van der Waals surface area contributed by atoms with Crippen LogP contribution in [0.3, 0.4) is 0 Å². The fourth-order valence-electron chi connectivity index (χ4n) is 4.38. The molecule has 0 bridgehead atoms. The van der Waals surface area contributed by atoms with E-state index >= 15 is 0 Å². The van der Waals surface area contributed by atoms with Crippen molar-refractivity contribution in [3.05, 3.63) is 82.7 Å². The van der Waals surface area contributed by atoms with Gasteiger partial charge < -0.3 is 14.4 Å². The second kappa shape index (κ2) is 9.96. The Morgan fingerprint density at radius 2 is 1.75 bits per heavy atom. The number of amides is 1. The fraction of sp³-hybridized carbons (Fsp3) is 0.419. The van der Waals surface area contributed by atoms with Crippen molar-refractivity contribution in [1.82, 2.24) is 9.88 Å². The molecule has 0 spiro atoms. The van der Waals surface area contributed by atoms with Gasteiger partial charge in [0.25, 0.3) is 0 Å². The van der Waals surface area contributed by atoms with E-state index in [0.717, 1.165) is 40.1 Å². The Morgan fingerprint density at radius 1 is 0.972 bits per heavy atom. The van der Waals surface area contributed by atoms with E-state index < -0.39 is 5.60 Å². The van der Waals surface area contributed by atoms with Crippen LogP contribution in [0.25, 0.3) is 11.1 Å². The maximum Gasteiger partial charge on any atom is 0.410 e. The number of benzene rings is 2. The van der Waals surface area contributed by atoms with Crippen molar-refractivity contribution in [1.29, 1.82) is 0 Å². The van der Waals surface area contributed by atoms with Crippen LogP contribution < -0.4 is 4.74 Å². The van der Waals surface area contributed by atoms with E-state index in [0.29, 0.717) is 19.7 Å². The molecule has 1 aliphatic rings. The van der Waals surface area contributed by atoms with Gasteiger partial charge in [-0.2, -0.15) is 0 Å². The van der Waals surface area contributed by atoms with E-state index in [2.05, 4.69) is 69.1 Å². The van der Waals surface area contributed by atoms with Crippen LogP contribution in [0, 0.1) is 6.92 Å². The van der Waals surface area contributed by atoms with Gasteiger partial charge in [-0.1, -0.05) is 39.0 Å². The maximum atomic E-state index is 12.7. The van der Waals surface area contributed by atoms with Gasteiger partial charge in [-0.05, 0) is 97.7 Å². The summed E-state index contributed by atoms with van der Waals surface area (Å²) in [5.74, 6) is 0.825. The van der Waals surface area contributed by atoms with Gasteiger partial charge in [-0.15, -0.1) is 0 Å². The highest BCUT2D eigenvalue weighted by Gasteiger charge is 2.26. The van der Waals surface area contributed by atoms with Gasteiger partial charge in [0.1, 0.15) is 18.0 Å². The van der Waals surface area contributed by atoms with Crippen LogP contribution in [-0.2, 0) is 29.7 Å². The highest BCUT2D eigenvalue weighted by atomic mass is 16.6. The van der Waals surface area contributed by atoms with Crippen molar-refractivity contribution in [2.24, 2.45) is 0 Å². The molecule has 4 rings (SSSR count). The van der Waals surface area contributed by atoms with Crippen LogP contribution in [0.2, 0.25) is 0 Å². The van der Waals surface area contributed by atoms with E-state index in [1.54, 1.807) is 4.90 Å². The first-order chi connectivity index (χ1) is 16.9. The molecule has 1 amide bonds. The number of carbonyl (C=O) groups is 1. The minimum absolute atomic E-state index is 0.00704. The molecule has 3 aromatic rings. The number of hydrogen-bond acceptors (Lipinski definition) is 4. The number of ether oxygens (including phenoxy) is 2. The third kappa shape index (κ3) is 6.26. The lowest BCUT2D eigenvalue weighted by molar-refractivity contribution is 0.0224. The summed E-state index contributed by atoms with van der Waals surface area (Å²) in [5, 5.41) is 0. The molecule has 0 atom stereocenters. The van der Waals surface area contributed by atoms with E-state index in [4.69, 9.17) is 9.47 Å². The minimum atomic E-state index is -0.509. The lowest BCUT2D eigenvalue weighted by atomic mass is 9.84. The molecule has 0 unspecified atom stereocenters. The normalized spacial score (nSPS) is 13.8. The van der Waals surface area contributed by atoms with Crippen LogP contribution in [0.1, 0.15) is 69.5 Å². The van der Waals surface area contributed by atoms with E-state index in [-0.39, 0.29) is 11.5 Å². The van der Waals surface area contributed by atoms with Crippen LogP contribution in [-0.4, -0.2) is 28.1 Å². The van der Waals surface area contributed by atoms with Gasteiger partial charge in [0.15, 0.2) is 0 Å². The van der Waals surface area contributed by atoms with E-state index in [1.807, 2.05) is 39.1 Å². The van der Waals surface area contributed by atoms with Crippen LogP contribution >= 0.6 is 0 Å². The Bertz CT molecular complexity index is 1250. The van der Waals surface area contributed by atoms with Gasteiger partial charge in [0.05, 0.1) is 5.69 Å². The third-order valence-electron chi connectivity index (χ3n) is 6.37. The molecule has 0 aliphatic carbocycles. The SMILES string of the molecule is Cc1ccnc(COc2ccc(C(C)(C)C)cc2-c2ccc3c(c2)CN(C(=O)OC(C)(C)C)CC3)c1. The van der Waals surface area contributed by atoms with Crippen molar-refractivity contribution in [3.63, 3.8) is 0 Å². The fourth-order valence-corrected chi connectivity index (χ4v) is 4.38. The van der Waals surface area contributed by atoms with Crippen molar-refractivity contribution in [2.45, 2.75) is 79.1 Å². The second-order valence-corrected chi connectivity index (χ2v) is 11.7. The third-order valence-corrected chi connectivity index (χ3v) is 6.37. The topological polar surface area (TPSA) is 51.7 Å². The maximum absolute atomic E-state index is 12.7.